The van der Waals surface area contributed by atoms with Crippen LogP contribution in [-0.2, 0) is 38.0 Å². The number of unbranched alkanes of at least 4 members (excludes halogenated alkanes) is 12. The molecule has 0 heterocycles. The Balaban J connectivity index is 5.79. The predicted octanol–water partition coefficient (Wildman–Crippen LogP) is 19.6. The first-order valence-corrected chi connectivity index (χ1v) is 30.7. The van der Waals surface area contributed by atoms with Crippen molar-refractivity contribution in [3.05, 3.63) is 0 Å². The monoisotopic (exact) mass is 1520 g/mol. The number of rotatable bonds is 56. The molecule has 0 saturated carbocycles. The Bertz CT molecular complexity index is 2130. The number of halogens is 32. The molecule has 0 radical (unpaired) electrons. The van der Waals surface area contributed by atoms with Crippen molar-refractivity contribution in [3.63, 3.8) is 0 Å². The van der Waals surface area contributed by atoms with E-state index in [1.165, 1.54) is 0 Å². The third kappa shape index (κ3) is 22.3. The van der Waals surface area contributed by atoms with E-state index in [2.05, 4.69) is 28.4 Å². The molecule has 98 heavy (non-hydrogen) atoms. The first-order valence-electron chi connectivity index (χ1n) is 30.7. The molecule has 0 fully saturated rings. The molecular weight excluding hydrogens is 1440 g/mol. The Morgan fingerprint density at radius 2 is 0.469 bits per heavy atom. The minimum Gasteiger partial charge on any atom is -0.461 e. The first kappa shape index (κ1) is 94.5. The summed E-state index contributed by atoms with van der Waals surface area (Å²) >= 11 is 0. The summed E-state index contributed by atoms with van der Waals surface area (Å²) in [4.78, 5) is 23.6. The van der Waals surface area contributed by atoms with Crippen LogP contribution in [0.2, 0.25) is 0 Å². The van der Waals surface area contributed by atoms with Gasteiger partial charge in [0.1, 0.15) is 59.0 Å². The van der Waals surface area contributed by atoms with Gasteiger partial charge in [0.2, 0.25) is 0 Å². The maximum atomic E-state index is 14.5. The molecule has 0 aliphatic rings. The minimum atomic E-state index is -8.85. The fraction of sp³-hybridized carbons (Fsp3) is 0.965. The Morgan fingerprint density at radius 1 is 0.276 bits per heavy atom. The van der Waals surface area contributed by atoms with Crippen LogP contribution in [0.1, 0.15) is 169 Å². The van der Waals surface area contributed by atoms with Crippen LogP contribution in [0.25, 0.3) is 0 Å². The van der Waals surface area contributed by atoms with Gasteiger partial charge in [-0.25, -0.2) is 9.59 Å². The van der Waals surface area contributed by atoms with Crippen molar-refractivity contribution in [1.29, 1.82) is 0 Å². The van der Waals surface area contributed by atoms with Crippen molar-refractivity contribution in [2.24, 2.45) is 11.8 Å². The Morgan fingerprint density at radius 3 is 0.673 bits per heavy atom. The average Bonchev–Trinajstić information content (AvgIpc) is 0.703. The van der Waals surface area contributed by atoms with Crippen LogP contribution in [0.4, 0.5) is 140 Å². The van der Waals surface area contributed by atoms with E-state index < -0.39 is 179 Å². The summed E-state index contributed by atoms with van der Waals surface area (Å²) in [5, 5.41) is 9.71. The Kier molecular flexibility index (Phi) is 36.4. The zero-order valence-corrected chi connectivity index (χ0v) is 53.2. The van der Waals surface area contributed by atoms with Gasteiger partial charge < -0.3 is 33.5 Å². The van der Waals surface area contributed by atoms with Crippen molar-refractivity contribution in [3.8, 4) is 0 Å². The third-order valence-corrected chi connectivity index (χ3v) is 15.4. The molecule has 9 nitrogen and oxygen atoms in total. The molecule has 0 spiro atoms. The Labute approximate surface area is 542 Å². The number of aliphatic hydroxyl groups is 1. The van der Waals surface area contributed by atoms with Crippen LogP contribution in [0.15, 0.2) is 0 Å². The van der Waals surface area contributed by atoms with Gasteiger partial charge >= 0.3 is 107 Å². The molecule has 0 unspecified atom stereocenters. The van der Waals surface area contributed by atoms with Gasteiger partial charge in [0, 0.05) is 13.2 Å². The van der Waals surface area contributed by atoms with Gasteiger partial charge in [0.05, 0.1) is 0 Å². The lowest BCUT2D eigenvalue weighted by atomic mass is 9.87. The smallest absolute Gasteiger partial charge is 0.385 e. The standard InChI is InChI=1S/C57H80F32O9/c1-5-9-13-17-21-37(22-18-14-10-6-2)25-27-93-33-42(58,59)46(66,67)50(74,75)54(82,83)56(86,87)52(78,79)48(70,71)44(62,63)35-95-31-40(91)97-29-39(90)30-98-41(92)32-96-36-45(64,65)49(72,73)53(80,81)57(88,89)55(84,85)51(76,77)47(68,69)43(60,61)34-94-28-26-38(23-19-15-11-7-3)24-20-16-12-8-4/h37-39,90H,5-36H2,1-4H3. The molecule has 0 aromatic carbocycles. The lowest BCUT2D eigenvalue weighted by Gasteiger charge is -2.43. The van der Waals surface area contributed by atoms with E-state index in [9.17, 15) is 155 Å². The highest BCUT2D eigenvalue weighted by molar-refractivity contribution is 5.71. The molecule has 0 atom stereocenters. The number of hydrogen-bond donors (Lipinski definition) is 1. The summed E-state index contributed by atoms with van der Waals surface area (Å²) < 4.78 is 488. The second kappa shape index (κ2) is 37.8. The van der Waals surface area contributed by atoms with E-state index in [1.54, 1.807) is 0 Å². The maximum Gasteiger partial charge on any atom is 0.385 e. The van der Waals surface area contributed by atoms with Gasteiger partial charge in [-0.15, -0.1) is 0 Å². The molecule has 41 heteroatoms. The summed E-state index contributed by atoms with van der Waals surface area (Å²) in [6, 6.07) is 0. The van der Waals surface area contributed by atoms with Gasteiger partial charge in [-0.2, -0.15) is 140 Å². The Hall–Kier alpha value is -3.50. The molecule has 0 aliphatic carbocycles. The maximum absolute atomic E-state index is 14.5. The lowest BCUT2D eigenvalue weighted by molar-refractivity contribution is -0.455. The quantitative estimate of drug-likeness (QED) is 0.0362. The highest BCUT2D eigenvalue weighted by Crippen LogP contribution is 2.66. The van der Waals surface area contributed by atoms with Crippen molar-refractivity contribution in [1.82, 2.24) is 0 Å². The summed E-state index contributed by atoms with van der Waals surface area (Å²) in [6.45, 7) is -15.7. The van der Waals surface area contributed by atoms with E-state index >= 15 is 0 Å². The highest BCUT2D eigenvalue weighted by atomic mass is 19.4. The summed E-state index contributed by atoms with van der Waals surface area (Å²) in [5.74, 6) is -135. The first-order chi connectivity index (χ1) is 44.4. The van der Waals surface area contributed by atoms with Crippen LogP contribution in [0.3, 0.4) is 0 Å². The molecule has 0 aliphatic heterocycles. The number of esters is 2. The van der Waals surface area contributed by atoms with Crippen LogP contribution in [0.5, 0.6) is 0 Å². The molecule has 0 aromatic rings. The molecule has 0 bridgehead atoms. The zero-order valence-electron chi connectivity index (χ0n) is 53.2. The number of carbonyl (C=O) groups is 2. The largest absolute Gasteiger partial charge is 0.461 e. The molecule has 0 amide bonds. The minimum absolute atomic E-state index is 0.235. The van der Waals surface area contributed by atoms with Gasteiger partial charge in [-0.05, 0) is 24.7 Å². The van der Waals surface area contributed by atoms with E-state index in [1.807, 2.05) is 27.7 Å². The number of carbonyl (C=O) groups excluding carboxylic acids is 2. The lowest BCUT2D eigenvalue weighted by Crippen LogP contribution is -2.75. The van der Waals surface area contributed by atoms with E-state index in [0.29, 0.717) is 77.0 Å². The van der Waals surface area contributed by atoms with Gasteiger partial charge in [-0.1, -0.05) is 156 Å². The number of ether oxygens (including phenoxy) is 6. The van der Waals surface area contributed by atoms with Crippen molar-refractivity contribution in [2.45, 2.75) is 270 Å². The fourth-order valence-corrected chi connectivity index (χ4v) is 9.10. The van der Waals surface area contributed by atoms with Crippen molar-refractivity contribution < 1.29 is 184 Å². The zero-order chi connectivity index (χ0) is 76.8. The van der Waals surface area contributed by atoms with Crippen molar-refractivity contribution >= 4 is 11.9 Å². The van der Waals surface area contributed by atoms with Crippen LogP contribution in [-0.4, -0.2) is 184 Å². The fourth-order valence-electron chi connectivity index (χ4n) is 9.10. The molecular formula is C57H80F32O9. The summed E-state index contributed by atoms with van der Waals surface area (Å²) in [5.41, 5.74) is 0. The predicted molar refractivity (Wildman–Crippen MR) is 282 cm³/mol. The molecule has 0 rings (SSSR count). The second-order valence-electron chi connectivity index (χ2n) is 23.5. The highest BCUT2D eigenvalue weighted by Gasteiger charge is 2.96. The molecule has 0 aromatic heterocycles. The van der Waals surface area contributed by atoms with E-state index in [0.717, 1.165) is 51.4 Å². The number of aliphatic hydroxyl groups excluding tert-OH is 1. The van der Waals surface area contributed by atoms with Gasteiger partial charge in [0.15, 0.2) is 0 Å². The average molecular weight is 1520 g/mol. The molecule has 1 N–H and O–H groups in total. The topological polar surface area (TPSA) is 110 Å². The molecule has 586 valence electrons. The molecule has 0 saturated heterocycles. The normalized spacial score (nSPS) is 14.8. The van der Waals surface area contributed by atoms with E-state index in [-0.39, 0.29) is 24.7 Å². The van der Waals surface area contributed by atoms with Crippen LogP contribution in [0, 0.1) is 11.8 Å². The van der Waals surface area contributed by atoms with Crippen LogP contribution < -0.4 is 0 Å². The number of alkyl halides is 32. The van der Waals surface area contributed by atoms with Crippen LogP contribution >= 0.6 is 0 Å². The van der Waals surface area contributed by atoms with Gasteiger partial charge in [-0.3, -0.25) is 0 Å². The summed E-state index contributed by atoms with van der Waals surface area (Å²) in [6.07, 6.45) is 9.87. The summed E-state index contributed by atoms with van der Waals surface area (Å²) in [7, 11) is 0. The second-order valence-corrected chi connectivity index (χ2v) is 23.5. The number of hydrogen-bond acceptors (Lipinski definition) is 9. The SMILES string of the molecule is CCCCCCC(CCCCCC)CCOCC(F)(F)C(F)(F)C(F)(F)C(F)(F)C(F)(F)C(F)(F)C(F)(F)C(F)(F)COCC(=O)OCC(O)COC(=O)COCC(F)(F)C(F)(F)C(F)(F)C(F)(F)C(F)(F)C(F)(F)C(F)(F)C(F)(F)COCCC(CCCCCC)CCCCCC. The van der Waals surface area contributed by atoms with E-state index in [4.69, 9.17) is 0 Å². The third-order valence-electron chi connectivity index (χ3n) is 15.4. The van der Waals surface area contributed by atoms with Crippen molar-refractivity contribution in [2.75, 3.05) is 66.1 Å². The van der Waals surface area contributed by atoms with Gasteiger partial charge in [0.25, 0.3) is 0 Å².